The molecule has 0 radical (unpaired) electrons. The van der Waals surface area contributed by atoms with Crippen LogP contribution in [0.4, 0.5) is 22.7 Å². The first-order valence-corrected chi connectivity index (χ1v) is 11.3. The molecule has 0 spiro atoms. The third-order valence-electron chi connectivity index (χ3n) is 6.65. The highest BCUT2D eigenvalue weighted by molar-refractivity contribution is 5.99. The minimum absolute atomic E-state index is 0.0215. The molecule has 9 heteroatoms. The molecule has 0 fully saturated rings. The first-order chi connectivity index (χ1) is 16.9. The second kappa shape index (κ2) is 9.02. The molecule has 0 aromatic heterocycles. The van der Waals surface area contributed by atoms with Gasteiger partial charge in [0.15, 0.2) is 0 Å². The summed E-state index contributed by atoms with van der Waals surface area (Å²) in [7, 11) is 0. The van der Waals surface area contributed by atoms with Gasteiger partial charge in [0.25, 0.3) is 11.4 Å². The number of non-ortho nitro benzene ring substituents is 2. The number of nitro groups is 2. The van der Waals surface area contributed by atoms with Gasteiger partial charge in [-0.2, -0.15) is 5.10 Å². The highest BCUT2D eigenvalue weighted by atomic mass is 16.6. The molecule has 1 aliphatic carbocycles. The fourth-order valence-corrected chi connectivity index (χ4v) is 4.85. The summed E-state index contributed by atoms with van der Waals surface area (Å²) in [6.45, 7) is 1.91. The van der Waals surface area contributed by atoms with Crippen LogP contribution in [0.5, 0.6) is 0 Å². The van der Waals surface area contributed by atoms with Crippen molar-refractivity contribution >= 4 is 28.5 Å². The average molecular weight is 470 g/mol. The van der Waals surface area contributed by atoms with E-state index in [4.69, 9.17) is 0 Å². The van der Waals surface area contributed by atoms with Gasteiger partial charge in [-0.05, 0) is 60.2 Å². The van der Waals surface area contributed by atoms with Crippen molar-refractivity contribution in [3.8, 4) is 0 Å². The molecule has 176 valence electrons. The van der Waals surface area contributed by atoms with E-state index in [0.29, 0.717) is 5.69 Å². The largest absolute Gasteiger partial charge is 0.378 e. The average Bonchev–Trinajstić information content (AvgIpc) is 3.37. The third-order valence-corrected chi connectivity index (χ3v) is 6.65. The molecular formula is C26H23N5O4. The number of anilines is 2. The molecule has 0 bridgehead atoms. The molecule has 0 saturated carbocycles. The molecule has 0 saturated heterocycles. The standard InChI is InChI=1S/C26H23N5O4/c1-16(28-29-19-9-11-20(12-10-19)30(32)33)17-8-13-25-24(15-17)22-6-3-7-23(22)26(27-25)18-4-2-5-21(14-18)31(34)35/h2-6,8-15,22-23,26-27,29H,7H2,1H3/b28-16+/t22-,23-,26-/m0/s1. The molecule has 5 rings (SSSR count). The zero-order valence-electron chi connectivity index (χ0n) is 18.9. The van der Waals surface area contributed by atoms with Gasteiger partial charge in [-0.25, -0.2) is 0 Å². The molecule has 3 aromatic carbocycles. The highest BCUT2D eigenvalue weighted by Gasteiger charge is 2.38. The quantitative estimate of drug-likeness (QED) is 0.193. The maximum absolute atomic E-state index is 11.3. The van der Waals surface area contributed by atoms with Crippen molar-refractivity contribution < 1.29 is 9.85 Å². The van der Waals surface area contributed by atoms with Crippen molar-refractivity contribution in [2.75, 3.05) is 10.7 Å². The predicted octanol–water partition coefficient (Wildman–Crippen LogP) is 6.17. The number of hydrogen-bond donors (Lipinski definition) is 2. The Bertz CT molecular complexity index is 1370. The van der Waals surface area contributed by atoms with Crippen molar-refractivity contribution in [2.24, 2.45) is 11.0 Å². The Morgan fingerprint density at radius 2 is 1.77 bits per heavy atom. The number of rotatable bonds is 6. The van der Waals surface area contributed by atoms with Crippen molar-refractivity contribution in [2.45, 2.75) is 25.3 Å². The summed E-state index contributed by atoms with van der Waals surface area (Å²) in [5.74, 6) is 0.459. The van der Waals surface area contributed by atoms with Gasteiger partial charge in [-0.1, -0.05) is 30.4 Å². The first-order valence-electron chi connectivity index (χ1n) is 11.3. The lowest BCUT2D eigenvalue weighted by Gasteiger charge is -2.37. The van der Waals surface area contributed by atoms with Gasteiger partial charge in [0, 0.05) is 35.9 Å². The zero-order valence-corrected chi connectivity index (χ0v) is 18.9. The van der Waals surface area contributed by atoms with Crippen LogP contribution in [-0.2, 0) is 0 Å². The minimum Gasteiger partial charge on any atom is -0.378 e. The predicted molar refractivity (Wildman–Crippen MR) is 135 cm³/mol. The first kappa shape index (κ1) is 22.3. The highest BCUT2D eigenvalue weighted by Crippen LogP contribution is 2.50. The van der Waals surface area contributed by atoms with Gasteiger partial charge in [0.1, 0.15) is 0 Å². The fourth-order valence-electron chi connectivity index (χ4n) is 4.85. The number of benzene rings is 3. The van der Waals surface area contributed by atoms with Gasteiger partial charge in [-0.15, -0.1) is 0 Å². The second-order valence-corrected chi connectivity index (χ2v) is 8.74. The summed E-state index contributed by atoms with van der Waals surface area (Å²) in [5, 5.41) is 30.2. The molecule has 2 N–H and O–H groups in total. The number of hydrazone groups is 1. The van der Waals surface area contributed by atoms with Gasteiger partial charge in [0.2, 0.25) is 0 Å². The van der Waals surface area contributed by atoms with Crippen LogP contribution in [0.3, 0.4) is 0 Å². The summed E-state index contributed by atoms with van der Waals surface area (Å²) < 4.78 is 0. The van der Waals surface area contributed by atoms with E-state index in [-0.39, 0.29) is 34.2 Å². The summed E-state index contributed by atoms with van der Waals surface area (Å²) in [6, 6.07) is 19.1. The second-order valence-electron chi connectivity index (χ2n) is 8.74. The van der Waals surface area contributed by atoms with E-state index in [0.717, 1.165) is 28.9 Å². The Morgan fingerprint density at radius 1 is 1.00 bits per heavy atom. The minimum atomic E-state index is -0.437. The molecule has 35 heavy (non-hydrogen) atoms. The molecule has 2 aliphatic rings. The van der Waals surface area contributed by atoms with Gasteiger partial charge >= 0.3 is 0 Å². The van der Waals surface area contributed by atoms with Gasteiger partial charge in [0.05, 0.1) is 27.3 Å². The SMILES string of the molecule is C/C(=N\Nc1ccc([N+](=O)[O-])cc1)c1ccc2c(c1)[C@H]1C=CC[C@@H]1[C@H](c1cccc([N+](=O)[O-])c1)N2. The normalized spacial score (nSPS) is 20.5. The number of nitrogens with one attached hydrogen (secondary N) is 2. The Hall–Kier alpha value is -4.53. The van der Waals surface area contributed by atoms with E-state index < -0.39 is 4.92 Å². The van der Waals surface area contributed by atoms with Crippen molar-refractivity contribution in [1.82, 2.24) is 0 Å². The van der Waals surface area contributed by atoms with Crippen LogP contribution in [0.2, 0.25) is 0 Å². The van der Waals surface area contributed by atoms with Crippen LogP contribution in [-0.4, -0.2) is 15.6 Å². The van der Waals surface area contributed by atoms with Crippen LogP contribution in [0.25, 0.3) is 0 Å². The Labute approximate surface area is 201 Å². The number of fused-ring (bicyclic) bond motifs is 3. The number of nitro benzene ring substituents is 2. The van der Waals surface area contributed by atoms with E-state index in [9.17, 15) is 20.2 Å². The molecule has 1 aliphatic heterocycles. The Kier molecular flexibility index (Phi) is 5.74. The topological polar surface area (TPSA) is 123 Å². The maximum Gasteiger partial charge on any atom is 0.269 e. The molecule has 3 atom stereocenters. The van der Waals surface area contributed by atoms with E-state index in [1.54, 1.807) is 24.3 Å². The molecular weight excluding hydrogens is 446 g/mol. The smallest absolute Gasteiger partial charge is 0.269 e. The molecule has 1 heterocycles. The summed E-state index contributed by atoms with van der Waals surface area (Å²) in [4.78, 5) is 21.3. The van der Waals surface area contributed by atoms with Crippen molar-refractivity contribution in [3.63, 3.8) is 0 Å². The molecule has 9 nitrogen and oxygen atoms in total. The zero-order chi connectivity index (χ0) is 24.5. The number of nitrogens with zero attached hydrogens (tertiary/aromatic N) is 3. The van der Waals surface area contributed by atoms with Crippen LogP contribution >= 0.6 is 0 Å². The van der Waals surface area contributed by atoms with E-state index in [1.807, 2.05) is 25.1 Å². The van der Waals surface area contributed by atoms with E-state index in [2.05, 4.69) is 34.1 Å². The lowest BCUT2D eigenvalue weighted by molar-refractivity contribution is -0.385. The lowest BCUT2D eigenvalue weighted by Crippen LogP contribution is -2.29. The van der Waals surface area contributed by atoms with Gasteiger partial charge < -0.3 is 5.32 Å². The van der Waals surface area contributed by atoms with Crippen LogP contribution in [0, 0.1) is 26.1 Å². The van der Waals surface area contributed by atoms with Crippen LogP contribution < -0.4 is 10.7 Å². The maximum atomic E-state index is 11.3. The van der Waals surface area contributed by atoms with Crippen LogP contribution in [0.15, 0.2) is 84.0 Å². The third kappa shape index (κ3) is 4.35. The molecule has 3 aromatic rings. The Morgan fingerprint density at radius 3 is 2.51 bits per heavy atom. The summed E-state index contributed by atoms with van der Waals surface area (Å²) in [5.41, 5.74) is 8.59. The van der Waals surface area contributed by atoms with Crippen molar-refractivity contribution in [1.29, 1.82) is 0 Å². The van der Waals surface area contributed by atoms with E-state index in [1.165, 1.54) is 23.8 Å². The lowest BCUT2D eigenvalue weighted by atomic mass is 9.76. The molecule has 0 amide bonds. The molecule has 0 unspecified atom stereocenters. The van der Waals surface area contributed by atoms with Crippen molar-refractivity contribution in [3.05, 3.63) is 116 Å². The summed E-state index contributed by atoms with van der Waals surface area (Å²) in [6.07, 6.45) is 5.30. The van der Waals surface area contributed by atoms with Crippen LogP contribution in [0.1, 0.15) is 42.0 Å². The number of allylic oxidation sites excluding steroid dienone is 2. The number of hydrogen-bond acceptors (Lipinski definition) is 7. The Balaban J connectivity index is 1.39. The van der Waals surface area contributed by atoms with Gasteiger partial charge in [-0.3, -0.25) is 25.7 Å². The summed E-state index contributed by atoms with van der Waals surface area (Å²) >= 11 is 0. The fraction of sp³-hybridized carbons (Fsp3) is 0.192. The monoisotopic (exact) mass is 469 g/mol. The van der Waals surface area contributed by atoms with E-state index >= 15 is 0 Å².